The molecule has 0 aliphatic heterocycles. The van der Waals surface area contributed by atoms with E-state index < -0.39 is 29.9 Å². The van der Waals surface area contributed by atoms with Crippen molar-refractivity contribution in [3.8, 4) is 0 Å². The maximum Gasteiger partial charge on any atom is 0.327 e. The zero-order valence-corrected chi connectivity index (χ0v) is 15.3. The molecule has 1 aromatic heterocycles. The van der Waals surface area contributed by atoms with Crippen molar-refractivity contribution >= 4 is 34.2 Å². The Hall–Kier alpha value is -2.87. The number of primary amides is 2. The lowest BCUT2D eigenvalue weighted by Crippen LogP contribution is -2.51. The van der Waals surface area contributed by atoms with Gasteiger partial charge < -0.3 is 16.6 Å². The number of carboxylic acids is 1. The molecule has 2 rings (SSSR count). The molecule has 1 atom stereocenters. The van der Waals surface area contributed by atoms with Gasteiger partial charge in [0, 0.05) is 11.3 Å². The number of nitrogens with two attached hydrogens (primary N) is 2. The number of benzene rings is 1. The minimum absolute atomic E-state index is 0.0895. The summed E-state index contributed by atoms with van der Waals surface area (Å²) in [6.45, 7) is 3.33. The fourth-order valence-corrected chi connectivity index (χ4v) is 3.96. The van der Waals surface area contributed by atoms with Crippen molar-refractivity contribution in [2.45, 2.75) is 26.3 Å². The average molecular weight is 375 g/mol. The Kier molecular flexibility index (Phi) is 5.99. The number of aliphatic carboxylic acids is 1. The first-order chi connectivity index (χ1) is 12.2. The highest BCUT2D eigenvalue weighted by molar-refractivity contribution is 7.16. The molecule has 8 heteroatoms. The van der Waals surface area contributed by atoms with E-state index in [9.17, 15) is 19.5 Å². The van der Waals surface area contributed by atoms with Crippen molar-refractivity contribution < 1.29 is 19.5 Å². The van der Waals surface area contributed by atoms with E-state index in [1.165, 1.54) is 0 Å². The molecule has 0 fully saturated rings. The van der Waals surface area contributed by atoms with E-state index in [2.05, 4.69) is 0 Å². The van der Waals surface area contributed by atoms with E-state index in [4.69, 9.17) is 11.5 Å². The number of carbonyl (C=O) groups excluding carboxylic acids is 2. The van der Waals surface area contributed by atoms with Gasteiger partial charge in [-0.1, -0.05) is 44.2 Å². The lowest BCUT2D eigenvalue weighted by molar-refractivity contribution is -0.139. The third-order valence-corrected chi connectivity index (χ3v) is 5.00. The van der Waals surface area contributed by atoms with Crippen LogP contribution in [0.15, 0.2) is 36.4 Å². The minimum atomic E-state index is -1.20. The molecule has 0 aliphatic rings. The van der Waals surface area contributed by atoms with E-state index in [-0.39, 0.29) is 10.6 Å². The first kappa shape index (κ1) is 19.5. The molecule has 0 spiro atoms. The summed E-state index contributed by atoms with van der Waals surface area (Å²) in [5.41, 5.74) is 12.0. The van der Waals surface area contributed by atoms with Crippen molar-refractivity contribution in [2.75, 3.05) is 4.90 Å². The number of urea groups is 1. The second-order valence-corrected chi connectivity index (χ2v) is 7.31. The van der Waals surface area contributed by atoms with Crippen LogP contribution in [0.3, 0.4) is 0 Å². The standard InChI is InChI=1S/C18H21N3O4S/c1-10(2)14(17(23)24)21(18(20)25)16-13(15(19)22)9-12(26-16)8-11-6-4-3-5-7-11/h3-7,9-10,14H,8H2,1-2H3,(H2,19,22)(H2,20,25)(H,23,24)/t14-/m0/s1. The molecule has 7 nitrogen and oxygen atoms in total. The number of rotatable bonds is 7. The van der Waals surface area contributed by atoms with Crippen LogP contribution in [0.4, 0.5) is 9.80 Å². The summed E-state index contributed by atoms with van der Waals surface area (Å²) in [5, 5.41) is 9.70. The van der Waals surface area contributed by atoms with Crippen molar-refractivity contribution in [3.63, 3.8) is 0 Å². The van der Waals surface area contributed by atoms with Crippen LogP contribution in [-0.2, 0) is 11.2 Å². The first-order valence-corrected chi connectivity index (χ1v) is 8.82. The number of carboxylic acid groups (broad SMARTS) is 1. The minimum Gasteiger partial charge on any atom is -0.480 e. The highest BCUT2D eigenvalue weighted by Crippen LogP contribution is 2.35. The Bertz CT molecular complexity index is 817. The molecule has 138 valence electrons. The number of anilines is 1. The number of amides is 3. The van der Waals surface area contributed by atoms with Crippen LogP contribution in [0.1, 0.15) is 34.6 Å². The van der Waals surface area contributed by atoms with Gasteiger partial charge in [-0.3, -0.25) is 9.69 Å². The van der Waals surface area contributed by atoms with Gasteiger partial charge in [0.1, 0.15) is 11.0 Å². The molecule has 5 N–H and O–H groups in total. The van der Waals surface area contributed by atoms with Gasteiger partial charge in [0.05, 0.1) is 5.56 Å². The zero-order valence-electron chi connectivity index (χ0n) is 14.5. The summed E-state index contributed by atoms with van der Waals surface area (Å²) in [5.74, 6) is -2.36. The highest BCUT2D eigenvalue weighted by Gasteiger charge is 2.35. The summed E-state index contributed by atoms with van der Waals surface area (Å²) in [6.07, 6.45) is 0.526. The van der Waals surface area contributed by atoms with E-state index in [1.54, 1.807) is 19.9 Å². The van der Waals surface area contributed by atoms with E-state index in [0.29, 0.717) is 6.42 Å². The fourth-order valence-electron chi connectivity index (χ4n) is 2.73. The molecule has 0 unspecified atom stereocenters. The van der Waals surface area contributed by atoms with Gasteiger partial charge >= 0.3 is 12.0 Å². The van der Waals surface area contributed by atoms with Crippen LogP contribution in [0.25, 0.3) is 0 Å². The molecular formula is C18H21N3O4S. The smallest absolute Gasteiger partial charge is 0.327 e. The Morgan fingerprint density at radius 1 is 1.15 bits per heavy atom. The van der Waals surface area contributed by atoms with Gasteiger partial charge in [-0.15, -0.1) is 11.3 Å². The Morgan fingerprint density at radius 3 is 2.23 bits per heavy atom. The quantitative estimate of drug-likeness (QED) is 0.687. The number of carbonyl (C=O) groups is 3. The van der Waals surface area contributed by atoms with E-state index >= 15 is 0 Å². The van der Waals surface area contributed by atoms with Gasteiger partial charge in [0.25, 0.3) is 5.91 Å². The lowest BCUT2D eigenvalue weighted by atomic mass is 10.0. The third-order valence-electron chi connectivity index (χ3n) is 3.87. The zero-order chi connectivity index (χ0) is 19.4. The van der Waals surface area contributed by atoms with E-state index in [0.717, 1.165) is 26.7 Å². The van der Waals surface area contributed by atoms with Crippen molar-refractivity contribution in [1.29, 1.82) is 0 Å². The second kappa shape index (κ2) is 8.01. The molecule has 0 bridgehead atoms. The molecule has 0 saturated heterocycles. The normalized spacial score (nSPS) is 12.0. The molecule has 0 saturated carbocycles. The average Bonchev–Trinajstić information content (AvgIpc) is 2.95. The third kappa shape index (κ3) is 4.20. The summed E-state index contributed by atoms with van der Waals surface area (Å²) < 4.78 is 0. The molecule has 1 aromatic carbocycles. The Balaban J connectivity index is 2.52. The Morgan fingerprint density at radius 2 is 1.77 bits per heavy atom. The van der Waals surface area contributed by atoms with Crippen LogP contribution >= 0.6 is 11.3 Å². The lowest BCUT2D eigenvalue weighted by Gasteiger charge is -2.29. The van der Waals surface area contributed by atoms with Crippen LogP contribution in [-0.4, -0.2) is 29.1 Å². The molecule has 0 aliphatic carbocycles. The van der Waals surface area contributed by atoms with Gasteiger partial charge in [-0.25, -0.2) is 9.59 Å². The predicted octanol–water partition coefficient (Wildman–Crippen LogP) is 2.43. The van der Waals surface area contributed by atoms with Gasteiger partial charge in [0.15, 0.2) is 0 Å². The number of thiophene rings is 1. The number of nitrogens with zero attached hydrogens (tertiary/aromatic N) is 1. The number of hydrogen-bond acceptors (Lipinski definition) is 4. The SMILES string of the molecule is CC(C)[C@@H](C(=O)O)N(C(N)=O)c1sc(Cc2ccccc2)cc1C(N)=O. The van der Waals surface area contributed by atoms with Crippen LogP contribution in [0.5, 0.6) is 0 Å². The molecule has 0 radical (unpaired) electrons. The molecule has 1 heterocycles. The predicted molar refractivity (Wildman–Crippen MR) is 100 cm³/mol. The monoisotopic (exact) mass is 375 g/mol. The van der Waals surface area contributed by atoms with E-state index in [1.807, 2.05) is 30.3 Å². The molecule has 2 aromatic rings. The van der Waals surface area contributed by atoms with Crippen LogP contribution in [0, 0.1) is 5.92 Å². The highest BCUT2D eigenvalue weighted by atomic mass is 32.1. The van der Waals surface area contributed by atoms with Crippen molar-refractivity contribution in [2.24, 2.45) is 17.4 Å². The number of hydrogen-bond donors (Lipinski definition) is 3. The summed E-state index contributed by atoms with van der Waals surface area (Å²) in [4.78, 5) is 37.3. The maximum absolute atomic E-state index is 12.0. The Labute approximate surface area is 155 Å². The second-order valence-electron chi connectivity index (χ2n) is 6.19. The van der Waals surface area contributed by atoms with Crippen molar-refractivity contribution in [3.05, 3.63) is 52.4 Å². The largest absolute Gasteiger partial charge is 0.480 e. The maximum atomic E-state index is 12.0. The first-order valence-electron chi connectivity index (χ1n) is 8.00. The summed E-state index contributed by atoms with van der Waals surface area (Å²) >= 11 is 1.14. The van der Waals surface area contributed by atoms with Gasteiger partial charge in [0.2, 0.25) is 0 Å². The summed E-state index contributed by atoms with van der Waals surface area (Å²) in [6, 6.07) is 9.00. The fraction of sp³-hybridized carbons (Fsp3) is 0.278. The van der Waals surface area contributed by atoms with Gasteiger partial charge in [-0.2, -0.15) is 0 Å². The molecule has 3 amide bonds. The van der Waals surface area contributed by atoms with Gasteiger partial charge in [-0.05, 0) is 17.5 Å². The molecule has 26 heavy (non-hydrogen) atoms. The van der Waals surface area contributed by atoms with Crippen LogP contribution in [0.2, 0.25) is 0 Å². The topological polar surface area (TPSA) is 127 Å². The molecular weight excluding hydrogens is 354 g/mol. The summed E-state index contributed by atoms with van der Waals surface area (Å²) in [7, 11) is 0. The van der Waals surface area contributed by atoms with Crippen LogP contribution < -0.4 is 16.4 Å². The van der Waals surface area contributed by atoms with Crippen molar-refractivity contribution in [1.82, 2.24) is 0 Å².